The summed E-state index contributed by atoms with van der Waals surface area (Å²) in [6.07, 6.45) is 2.27. The number of nitrogens with zero attached hydrogens (tertiary/aromatic N) is 2. The number of likely N-dealkylation sites (tertiary alicyclic amines) is 1. The Labute approximate surface area is 175 Å². The van der Waals surface area contributed by atoms with Crippen LogP contribution < -0.4 is 15.5 Å². The lowest BCUT2D eigenvalue weighted by molar-refractivity contribution is 0.0815. The second kappa shape index (κ2) is 7.59. The van der Waals surface area contributed by atoms with Crippen molar-refractivity contribution in [2.45, 2.75) is 31.8 Å². The molecule has 2 heterocycles. The van der Waals surface area contributed by atoms with Crippen molar-refractivity contribution in [3.8, 4) is 0 Å². The number of amides is 3. The van der Waals surface area contributed by atoms with Gasteiger partial charge in [0.2, 0.25) is 0 Å². The Morgan fingerprint density at radius 1 is 1.17 bits per heavy atom. The molecule has 1 spiro atoms. The van der Waals surface area contributed by atoms with Gasteiger partial charge in [-0.3, -0.25) is 4.79 Å². The van der Waals surface area contributed by atoms with E-state index in [1.54, 1.807) is 17.0 Å². The molecule has 4 rings (SSSR count). The molecule has 0 unspecified atom stereocenters. The number of fused-ring (bicyclic) bond motifs is 1. The fraction of sp³-hybridized carbons (Fsp3) is 0.364. The molecule has 0 aliphatic carbocycles. The van der Waals surface area contributed by atoms with E-state index in [0.717, 1.165) is 17.8 Å². The molecule has 29 heavy (non-hydrogen) atoms. The van der Waals surface area contributed by atoms with Gasteiger partial charge < -0.3 is 20.4 Å². The lowest BCUT2D eigenvalue weighted by Crippen LogP contribution is -2.67. The zero-order valence-corrected chi connectivity index (χ0v) is 17.4. The van der Waals surface area contributed by atoms with Crippen molar-refractivity contribution in [1.82, 2.24) is 10.2 Å². The molecule has 2 aromatic carbocycles. The summed E-state index contributed by atoms with van der Waals surface area (Å²) < 4.78 is 0. The van der Waals surface area contributed by atoms with Crippen LogP contribution in [0.15, 0.2) is 42.5 Å². The van der Waals surface area contributed by atoms with E-state index in [0.29, 0.717) is 36.5 Å². The van der Waals surface area contributed by atoms with E-state index >= 15 is 0 Å². The van der Waals surface area contributed by atoms with E-state index in [4.69, 9.17) is 11.6 Å². The Hall–Kier alpha value is -2.73. The van der Waals surface area contributed by atoms with E-state index in [1.165, 1.54) is 5.56 Å². The van der Waals surface area contributed by atoms with E-state index in [9.17, 15) is 9.59 Å². The van der Waals surface area contributed by atoms with Crippen molar-refractivity contribution in [2.24, 2.45) is 0 Å². The summed E-state index contributed by atoms with van der Waals surface area (Å²) in [4.78, 5) is 29.3. The van der Waals surface area contributed by atoms with Crippen LogP contribution in [0.4, 0.5) is 16.2 Å². The third-order valence-corrected chi connectivity index (χ3v) is 6.28. The van der Waals surface area contributed by atoms with Crippen LogP contribution in [-0.2, 0) is 6.42 Å². The summed E-state index contributed by atoms with van der Waals surface area (Å²) >= 11 is 6.05. The molecule has 152 valence electrons. The van der Waals surface area contributed by atoms with Gasteiger partial charge in [-0.1, -0.05) is 30.7 Å². The molecule has 1 saturated heterocycles. The van der Waals surface area contributed by atoms with Gasteiger partial charge in [0.05, 0.1) is 11.3 Å². The third-order valence-electron chi connectivity index (χ3n) is 6.04. The van der Waals surface area contributed by atoms with Crippen molar-refractivity contribution in [3.05, 3.63) is 58.6 Å². The van der Waals surface area contributed by atoms with Crippen molar-refractivity contribution < 1.29 is 9.59 Å². The average Bonchev–Trinajstić information content (AvgIpc) is 2.73. The molecule has 2 aromatic rings. The van der Waals surface area contributed by atoms with Gasteiger partial charge in [0, 0.05) is 43.7 Å². The highest BCUT2D eigenvalue weighted by molar-refractivity contribution is 6.31. The zero-order chi connectivity index (χ0) is 20.6. The maximum absolute atomic E-state index is 12.7. The first-order valence-corrected chi connectivity index (χ1v) is 10.3. The highest BCUT2D eigenvalue weighted by Crippen LogP contribution is 2.37. The second-order valence-electron chi connectivity index (χ2n) is 7.67. The Kier molecular flexibility index (Phi) is 5.13. The lowest BCUT2D eigenvalue weighted by atomic mass is 9.90. The number of halogens is 1. The van der Waals surface area contributed by atoms with Gasteiger partial charge in [-0.25, -0.2) is 4.79 Å². The number of hydrogen-bond donors (Lipinski definition) is 2. The monoisotopic (exact) mass is 412 g/mol. The summed E-state index contributed by atoms with van der Waals surface area (Å²) in [7, 11) is 1.98. The van der Waals surface area contributed by atoms with Crippen LogP contribution in [0.2, 0.25) is 5.02 Å². The molecule has 2 aliphatic heterocycles. The minimum absolute atomic E-state index is 0.110. The number of anilines is 2. The Morgan fingerprint density at radius 3 is 2.52 bits per heavy atom. The van der Waals surface area contributed by atoms with E-state index in [2.05, 4.69) is 22.5 Å². The highest BCUT2D eigenvalue weighted by atomic mass is 35.5. The molecule has 6 nitrogen and oxygen atoms in total. The molecule has 0 aromatic heterocycles. The summed E-state index contributed by atoms with van der Waals surface area (Å²) in [5.74, 6) is -0.116. The van der Waals surface area contributed by atoms with Crippen LogP contribution in [0.25, 0.3) is 0 Å². The minimum atomic E-state index is -0.489. The van der Waals surface area contributed by atoms with Crippen LogP contribution in [0.1, 0.15) is 35.7 Å². The molecule has 7 heteroatoms. The van der Waals surface area contributed by atoms with Crippen LogP contribution in [0.5, 0.6) is 0 Å². The Bertz CT molecular complexity index is 936. The number of carbonyl (C=O) groups is 2. The summed E-state index contributed by atoms with van der Waals surface area (Å²) in [5.41, 5.74) is 2.99. The molecule has 0 radical (unpaired) electrons. The SMILES string of the molecule is CCc1ccc(NC(=O)N2CCC3(CC2)NC(=O)c2cc(Cl)ccc2N3C)cc1. The van der Waals surface area contributed by atoms with Gasteiger partial charge in [-0.2, -0.15) is 0 Å². The first-order chi connectivity index (χ1) is 13.9. The Balaban J connectivity index is 1.43. The molecule has 2 aliphatic rings. The number of hydrogen-bond acceptors (Lipinski definition) is 3. The fourth-order valence-corrected chi connectivity index (χ4v) is 4.31. The van der Waals surface area contributed by atoms with Gasteiger partial charge in [0.25, 0.3) is 5.91 Å². The lowest BCUT2D eigenvalue weighted by Gasteiger charge is -2.51. The minimum Gasteiger partial charge on any atom is -0.351 e. The highest BCUT2D eigenvalue weighted by Gasteiger charge is 2.44. The third kappa shape index (κ3) is 3.65. The number of urea groups is 1. The summed E-state index contributed by atoms with van der Waals surface area (Å²) in [6.45, 7) is 3.23. The normalized spacial score (nSPS) is 17.7. The smallest absolute Gasteiger partial charge is 0.321 e. The molecule has 0 bridgehead atoms. The molecular weight excluding hydrogens is 388 g/mol. The predicted octanol–water partition coefficient (Wildman–Crippen LogP) is 4.11. The van der Waals surface area contributed by atoms with Crippen molar-refractivity contribution in [1.29, 1.82) is 0 Å². The molecule has 1 fully saturated rings. The maximum Gasteiger partial charge on any atom is 0.321 e. The standard InChI is InChI=1S/C22H25ClN4O2/c1-3-15-4-7-17(8-5-15)24-21(29)27-12-10-22(11-13-27)25-20(28)18-14-16(23)6-9-19(18)26(22)2/h4-9,14H,3,10-13H2,1-2H3,(H,24,29)(H,25,28). The van der Waals surface area contributed by atoms with Gasteiger partial charge >= 0.3 is 6.03 Å². The van der Waals surface area contributed by atoms with Gasteiger partial charge in [0.15, 0.2) is 0 Å². The summed E-state index contributed by atoms with van der Waals surface area (Å²) in [6, 6.07) is 13.2. The van der Waals surface area contributed by atoms with E-state index in [1.807, 2.05) is 37.4 Å². The van der Waals surface area contributed by atoms with Crippen molar-refractivity contribution in [2.75, 3.05) is 30.4 Å². The van der Waals surface area contributed by atoms with Crippen molar-refractivity contribution in [3.63, 3.8) is 0 Å². The second-order valence-corrected chi connectivity index (χ2v) is 8.11. The fourth-order valence-electron chi connectivity index (χ4n) is 4.14. The molecular formula is C22H25ClN4O2. The molecule has 0 saturated carbocycles. The number of rotatable bonds is 2. The van der Waals surface area contributed by atoms with Crippen LogP contribution in [-0.4, -0.2) is 42.6 Å². The number of aryl methyl sites for hydroxylation is 1. The largest absolute Gasteiger partial charge is 0.351 e. The molecule has 3 amide bonds. The maximum atomic E-state index is 12.7. The van der Waals surface area contributed by atoms with Gasteiger partial charge in [-0.05, 0) is 42.3 Å². The topological polar surface area (TPSA) is 64.7 Å². The first kappa shape index (κ1) is 19.6. The number of carbonyl (C=O) groups excluding carboxylic acids is 2. The van der Waals surface area contributed by atoms with Crippen molar-refractivity contribution >= 4 is 34.9 Å². The molecule has 2 N–H and O–H groups in total. The Morgan fingerprint density at radius 2 is 1.86 bits per heavy atom. The van der Waals surface area contributed by atoms with Crippen LogP contribution >= 0.6 is 11.6 Å². The first-order valence-electron chi connectivity index (χ1n) is 9.92. The number of benzene rings is 2. The van der Waals surface area contributed by atoms with Crippen LogP contribution in [0.3, 0.4) is 0 Å². The van der Waals surface area contributed by atoms with Gasteiger partial charge in [0.1, 0.15) is 5.66 Å². The number of nitrogens with one attached hydrogen (secondary N) is 2. The van der Waals surface area contributed by atoms with Crippen LogP contribution in [0, 0.1) is 0 Å². The van der Waals surface area contributed by atoms with E-state index in [-0.39, 0.29) is 11.9 Å². The van der Waals surface area contributed by atoms with Gasteiger partial charge in [-0.15, -0.1) is 0 Å². The average molecular weight is 413 g/mol. The summed E-state index contributed by atoms with van der Waals surface area (Å²) in [5, 5.41) is 6.67. The zero-order valence-electron chi connectivity index (χ0n) is 16.7. The molecule has 0 atom stereocenters. The predicted molar refractivity (Wildman–Crippen MR) is 116 cm³/mol. The quantitative estimate of drug-likeness (QED) is 0.780. The van der Waals surface area contributed by atoms with E-state index < -0.39 is 5.66 Å². The number of piperidine rings is 1.